The maximum atomic E-state index is 5.73. The standard InChI is InChI=1S/2C22H31NP.C18H36N2O6.C18H24P2.K.La/c2*1-14(2)24(15(3)4)21-13-16(5)9-10-20(21)23-22-18(7)11-17(6)12-19(22)8;1-7-21-13-14-24-10-4-20-5-11-25-17-15-22-8-2-19(1)3-9-23-16-18-26-12-6-20;1-11-7-13(3)17(14(4)8-11)19-20-18-15(5)9-12(2)10-16(18)6;;/h2*9-15H,1-8H3;1-18H2;7-10,19-20H,1-6H3;;/q2*-1;;+2;+1;/p+4. The Morgan fingerprint density at radius 1 is 0.312 bits per heavy atom. The number of hydrogen-bond donors (Lipinski definition) is 2. The molecule has 2 atom stereocenters. The summed E-state index contributed by atoms with van der Waals surface area (Å²) >= 11 is 0. The number of benzene rings is 6. The third kappa shape index (κ3) is 31.1. The molecule has 2 unspecified atom stereocenters. The number of fused-ring (bicyclic) bond motifs is 21. The van der Waals surface area contributed by atoms with E-state index >= 15 is 0 Å². The molecule has 3 aliphatic heterocycles. The molecule has 521 valence electrons. The summed E-state index contributed by atoms with van der Waals surface area (Å²) in [5.74, 6) is 0. The van der Waals surface area contributed by atoms with Crippen molar-refractivity contribution in [3.63, 3.8) is 0 Å². The first-order chi connectivity index (χ1) is 44.7. The summed E-state index contributed by atoms with van der Waals surface area (Å²) in [7, 11) is 0.478. The van der Waals surface area contributed by atoms with Gasteiger partial charge < -0.3 is 48.9 Å². The third-order valence-corrected chi connectivity index (χ3v) is 28.6. The van der Waals surface area contributed by atoms with Crippen molar-refractivity contribution in [2.24, 2.45) is 0 Å². The van der Waals surface area contributed by atoms with E-state index in [1.54, 1.807) is 10.6 Å². The van der Waals surface area contributed by atoms with Crippen LogP contribution in [0.25, 0.3) is 10.6 Å². The van der Waals surface area contributed by atoms with E-state index in [-0.39, 0.29) is 87.0 Å². The zero-order valence-corrected chi connectivity index (χ0v) is 74.8. The van der Waals surface area contributed by atoms with Crippen LogP contribution in [0, 0.1) is 133 Å². The third-order valence-electron chi connectivity index (χ3n) is 17.5. The second-order valence-electron chi connectivity index (χ2n) is 27.8. The minimum atomic E-state index is -0.654. The number of rotatable bonds is 12. The van der Waals surface area contributed by atoms with Crippen molar-refractivity contribution in [3.05, 3.63) is 173 Å². The smallest absolute Gasteiger partial charge is 0.654 e. The molecule has 2 N–H and O–H groups in total. The van der Waals surface area contributed by atoms with Crippen LogP contribution in [0.15, 0.2) is 84.9 Å². The van der Waals surface area contributed by atoms with Crippen molar-refractivity contribution < 1.29 is 125 Å². The van der Waals surface area contributed by atoms with Gasteiger partial charge in [-0.15, -0.1) is 11.4 Å². The summed E-state index contributed by atoms with van der Waals surface area (Å²) in [6.45, 7) is 63.7. The zero-order chi connectivity index (χ0) is 69.0. The van der Waals surface area contributed by atoms with Crippen LogP contribution in [0.4, 0.5) is 22.7 Å². The first kappa shape index (κ1) is 89.1. The maximum absolute atomic E-state index is 5.73. The van der Waals surface area contributed by atoms with E-state index in [0.29, 0.717) is 62.3 Å². The Morgan fingerprint density at radius 2 is 0.531 bits per heavy atom. The van der Waals surface area contributed by atoms with E-state index in [4.69, 9.17) is 39.1 Å². The van der Waals surface area contributed by atoms with E-state index < -0.39 is 15.8 Å². The van der Waals surface area contributed by atoms with E-state index in [1.807, 2.05) is 0 Å². The molecule has 0 saturated carbocycles. The van der Waals surface area contributed by atoms with Crippen LogP contribution >= 0.6 is 31.6 Å². The molecule has 96 heavy (non-hydrogen) atoms. The van der Waals surface area contributed by atoms with Crippen LogP contribution in [0.2, 0.25) is 0 Å². The van der Waals surface area contributed by atoms with Gasteiger partial charge in [0, 0.05) is 73.7 Å². The van der Waals surface area contributed by atoms with Crippen LogP contribution in [0.5, 0.6) is 0 Å². The first-order valence-corrected chi connectivity index (χ1v) is 41.4. The average Bonchev–Trinajstić information content (AvgIpc) is 0.815. The SMILES string of the molecule is C1COCC[NH+]2CCOCCOCC[NH+](CCO1)CCOCCOCC2.Cc1cc(C)c(/[PH+]=[PH+]/c2c(C)cc(C)cc2C)c(C)c1.Cc1cc(C)c([N-]c2ccc(C)cc2[PH+](C(C)C)C(C)C)c(C)c1.Cc1cc(C)c([N-]c2ccc(C)cc2[PH+](C(C)C)C(C)C)c(C)c1.[K+].[La]. The Hall–Kier alpha value is -1.11. The Kier molecular flexibility index (Phi) is 43.9. The molecule has 0 spiro atoms. The van der Waals surface area contributed by atoms with Crippen LogP contribution in [-0.4, -0.2) is 141 Å². The summed E-state index contributed by atoms with van der Waals surface area (Å²) in [4.78, 5) is 2.88. The molecule has 6 aromatic rings. The second kappa shape index (κ2) is 47.3. The molecular weight excluding hydrogens is 1410 g/mol. The van der Waals surface area contributed by atoms with Crippen molar-refractivity contribution >= 4 is 75.5 Å². The van der Waals surface area contributed by atoms with Gasteiger partial charge in [0.15, 0.2) is 10.6 Å². The minimum absolute atomic E-state index is 0. The molecule has 16 heteroatoms. The number of quaternary nitrogens is 2. The molecular formula is C80H126KLaN4O6P4+5. The van der Waals surface area contributed by atoms with Crippen molar-refractivity contribution in [3.8, 4) is 0 Å². The molecule has 3 aliphatic rings. The number of ether oxygens (including phenoxy) is 6. The molecule has 3 fully saturated rings. The monoisotopic (exact) mass is 1540 g/mol. The molecule has 3 heterocycles. The fraction of sp³-hybridized carbons (Fsp3) is 0.550. The summed E-state index contributed by atoms with van der Waals surface area (Å²) in [5, 5.41) is 16.4. The van der Waals surface area contributed by atoms with Gasteiger partial charge in [0.1, 0.15) is 39.3 Å². The van der Waals surface area contributed by atoms with Crippen molar-refractivity contribution in [2.75, 3.05) is 119 Å². The number of hydrogen-bond acceptors (Lipinski definition) is 6. The van der Waals surface area contributed by atoms with Crippen LogP contribution in [0.1, 0.15) is 133 Å². The van der Waals surface area contributed by atoms with Gasteiger partial charge in [0.2, 0.25) is 0 Å². The molecule has 10 nitrogen and oxygen atoms in total. The van der Waals surface area contributed by atoms with Gasteiger partial charge >= 0.3 is 51.4 Å². The Bertz CT molecular complexity index is 2940. The molecule has 0 aliphatic carbocycles. The fourth-order valence-corrected chi connectivity index (χ4v) is 24.6. The number of nitrogens with one attached hydrogen (secondary N) is 2. The van der Waals surface area contributed by atoms with E-state index in [2.05, 4.69) is 237 Å². The Labute approximate surface area is 660 Å². The topological polar surface area (TPSA) is 92.5 Å². The van der Waals surface area contributed by atoms with Crippen molar-refractivity contribution in [1.82, 2.24) is 0 Å². The van der Waals surface area contributed by atoms with E-state index in [1.165, 1.54) is 110 Å². The largest absolute Gasteiger partial charge is 1.00 e. The van der Waals surface area contributed by atoms with Gasteiger partial charge in [-0.05, 0) is 176 Å². The molecule has 3 saturated heterocycles. The van der Waals surface area contributed by atoms with Crippen LogP contribution < -0.4 is 82.4 Å². The van der Waals surface area contributed by atoms with E-state index in [0.717, 1.165) is 106 Å². The van der Waals surface area contributed by atoms with Gasteiger partial charge in [0.05, 0.1) is 113 Å². The van der Waals surface area contributed by atoms with Gasteiger partial charge in [0.25, 0.3) is 15.7 Å². The fourth-order valence-electron chi connectivity index (χ4n) is 13.4. The summed E-state index contributed by atoms with van der Waals surface area (Å²) in [5.41, 5.74) is 26.3. The van der Waals surface area contributed by atoms with Gasteiger partial charge in [-0.2, -0.15) is 0 Å². The van der Waals surface area contributed by atoms with Gasteiger partial charge in [-0.25, -0.2) is 0 Å². The second-order valence-corrected chi connectivity index (χ2v) is 38.3. The zero-order valence-electron chi connectivity index (χ0n) is 64.0. The molecule has 6 aromatic carbocycles. The van der Waals surface area contributed by atoms with Crippen molar-refractivity contribution in [2.45, 2.75) is 175 Å². The number of nitrogens with zero attached hydrogens (tertiary/aromatic N) is 2. The molecule has 0 aromatic heterocycles. The first-order valence-electron chi connectivity index (χ1n) is 35.1. The molecule has 1 radical (unpaired) electrons. The quantitative estimate of drug-likeness (QED) is 0.0937. The number of aryl methyl sites for hydroxylation is 14. The van der Waals surface area contributed by atoms with Gasteiger partial charge in [-0.3, -0.25) is 0 Å². The summed E-state index contributed by atoms with van der Waals surface area (Å²) in [6, 6.07) is 31.8. The Balaban J connectivity index is 0.000000332. The summed E-state index contributed by atoms with van der Waals surface area (Å²) < 4.78 is 34.4. The molecule has 9 rings (SSSR count). The van der Waals surface area contributed by atoms with E-state index in [9.17, 15) is 0 Å². The molecule has 0 amide bonds. The Morgan fingerprint density at radius 3 is 0.750 bits per heavy atom. The van der Waals surface area contributed by atoms with Crippen LogP contribution in [0.3, 0.4) is 0 Å². The van der Waals surface area contributed by atoms with Gasteiger partial charge in [-0.1, -0.05) is 129 Å². The maximum Gasteiger partial charge on any atom is 1.00 e. The predicted octanol–water partition coefficient (Wildman–Crippen LogP) is 12.5. The predicted molar refractivity (Wildman–Crippen MR) is 419 cm³/mol. The minimum Gasteiger partial charge on any atom is -0.654 e. The van der Waals surface area contributed by atoms with Crippen LogP contribution in [-0.2, 0) is 28.4 Å². The normalized spacial score (nSPS) is 16.4. The van der Waals surface area contributed by atoms with Crippen molar-refractivity contribution in [1.29, 1.82) is 0 Å². The molecule has 2 bridgehead atoms. The summed E-state index contributed by atoms with van der Waals surface area (Å²) in [6.07, 6.45) is 0. The average molecular weight is 1540 g/mol.